The highest BCUT2D eigenvalue weighted by Gasteiger charge is 2.76. The Bertz CT molecular complexity index is 3040. The van der Waals surface area contributed by atoms with Crippen molar-refractivity contribution in [2.24, 2.45) is 0 Å². The molecule has 3 heteroatoms. The van der Waals surface area contributed by atoms with Gasteiger partial charge in [-0.25, -0.2) is 0 Å². The number of H-pyrrole nitrogens is 1. The molecule has 0 spiro atoms. The second-order valence-corrected chi connectivity index (χ2v) is 17.0. The number of rotatable bonds is 4. The number of aromatic amines is 1. The number of benzene rings is 5. The molecule has 54 heavy (non-hydrogen) atoms. The average Bonchev–Trinajstić information content (AvgIpc) is 3.47. The predicted octanol–water partition coefficient (Wildman–Crippen LogP) is 13.1. The highest BCUT2D eigenvalue weighted by molar-refractivity contribution is 6.11. The van der Waals surface area contributed by atoms with Gasteiger partial charge in [0.1, 0.15) is 11.2 Å². The third-order valence-corrected chi connectivity index (χ3v) is 14.4. The molecule has 0 bridgehead atoms. The van der Waals surface area contributed by atoms with E-state index < -0.39 is 0 Å². The number of fused-ring (bicyclic) bond motifs is 14. The van der Waals surface area contributed by atoms with Crippen molar-refractivity contribution in [2.75, 3.05) is 0 Å². The Morgan fingerprint density at radius 3 is 2.31 bits per heavy atom. The highest BCUT2D eigenvalue weighted by atomic mass is 16.3. The van der Waals surface area contributed by atoms with Gasteiger partial charge in [0, 0.05) is 63.0 Å². The molecule has 1 saturated carbocycles. The summed E-state index contributed by atoms with van der Waals surface area (Å²) in [6.07, 6.45) is 12.9. The van der Waals surface area contributed by atoms with E-state index in [2.05, 4.69) is 159 Å². The summed E-state index contributed by atoms with van der Waals surface area (Å²) in [4.78, 5) is 3.75. The van der Waals surface area contributed by atoms with E-state index >= 15 is 0 Å². The molecule has 3 aromatic heterocycles. The summed E-state index contributed by atoms with van der Waals surface area (Å²) in [5, 5.41) is 4.88. The first-order valence-electron chi connectivity index (χ1n) is 20.0. The van der Waals surface area contributed by atoms with Crippen LogP contribution >= 0.6 is 0 Å². The maximum absolute atomic E-state index is 6.56. The number of allylic oxidation sites excluding steroid dienone is 4. The second-order valence-electron chi connectivity index (χ2n) is 17.0. The summed E-state index contributed by atoms with van der Waals surface area (Å²) in [6, 6.07) is 39.1. The number of hydrogen-bond donors (Lipinski definition) is 1. The lowest BCUT2D eigenvalue weighted by molar-refractivity contribution is -0.735. The number of aromatic nitrogens is 2. The monoisotopic (exact) mass is 699 g/mol. The van der Waals surface area contributed by atoms with Gasteiger partial charge in [0.25, 0.3) is 0 Å². The van der Waals surface area contributed by atoms with Crippen LogP contribution in [0.3, 0.4) is 0 Å². The SMILES string of the molecule is CCC12CC1(CC)[n+]1ccccc1-c1cc(-c3ccc4oc5cc(-c6ccc7[nH]c8cc9c(cc8c7c6)C6=C(CCC=C6)C9(C)C)ccc5c4c3)ccc12. The van der Waals surface area contributed by atoms with Gasteiger partial charge in [0.2, 0.25) is 5.69 Å². The Labute approximate surface area is 315 Å². The van der Waals surface area contributed by atoms with Crippen molar-refractivity contribution in [1.82, 2.24) is 4.98 Å². The molecule has 4 aliphatic rings. The largest absolute Gasteiger partial charge is 0.456 e. The minimum Gasteiger partial charge on any atom is -0.456 e. The Balaban J connectivity index is 0.932. The molecular weight excluding hydrogens is 657 g/mol. The third-order valence-electron chi connectivity index (χ3n) is 14.4. The van der Waals surface area contributed by atoms with Gasteiger partial charge in [-0.15, -0.1) is 0 Å². The zero-order valence-corrected chi connectivity index (χ0v) is 31.4. The molecule has 1 aliphatic heterocycles. The summed E-state index contributed by atoms with van der Waals surface area (Å²) < 4.78 is 9.15. The first kappa shape index (κ1) is 30.8. The maximum Gasteiger partial charge on any atom is 0.213 e. The fourth-order valence-electron chi connectivity index (χ4n) is 11.5. The van der Waals surface area contributed by atoms with Gasteiger partial charge >= 0.3 is 0 Å². The van der Waals surface area contributed by atoms with Gasteiger partial charge < -0.3 is 9.40 Å². The van der Waals surface area contributed by atoms with Crippen LogP contribution in [0.4, 0.5) is 0 Å². The van der Waals surface area contributed by atoms with Gasteiger partial charge in [-0.3, -0.25) is 0 Å². The van der Waals surface area contributed by atoms with Crippen LogP contribution in [0.2, 0.25) is 0 Å². The molecule has 0 amide bonds. The third kappa shape index (κ3) is 3.75. The van der Waals surface area contributed by atoms with Crippen molar-refractivity contribution in [2.45, 2.75) is 76.2 Å². The molecule has 2 atom stereocenters. The Morgan fingerprint density at radius 2 is 1.44 bits per heavy atom. The van der Waals surface area contributed by atoms with Gasteiger partial charge in [-0.1, -0.05) is 75.8 Å². The number of furan rings is 1. The van der Waals surface area contributed by atoms with Gasteiger partial charge in [0.05, 0.1) is 11.0 Å². The summed E-state index contributed by atoms with van der Waals surface area (Å²) >= 11 is 0. The summed E-state index contributed by atoms with van der Waals surface area (Å²) in [5.41, 5.74) is 19.7. The topological polar surface area (TPSA) is 32.8 Å². The lowest BCUT2D eigenvalue weighted by atomic mass is 9.78. The van der Waals surface area contributed by atoms with Crippen LogP contribution in [0, 0.1) is 0 Å². The molecule has 5 aromatic carbocycles. The maximum atomic E-state index is 6.56. The van der Waals surface area contributed by atoms with E-state index in [1.54, 1.807) is 5.57 Å². The van der Waals surface area contributed by atoms with Crippen molar-refractivity contribution in [3.8, 4) is 33.5 Å². The zero-order chi connectivity index (χ0) is 36.1. The van der Waals surface area contributed by atoms with Crippen molar-refractivity contribution in [3.05, 3.63) is 144 Å². The minimum atomic E-state index is 0.0668. The molecule has 12 rings (SSSR count). The smallest absolute Gasteiger partial charge is 0.213 e. The van der Waals surface area contributed by atoms with E-state index in [9.17, 15) is 0 Å². The molecule has 4 heterocycles. The van der Waals surface area contributed by atoms with Crippen molar-refractivity contribution < 1.29 is 8.98 Å². The predicted molar refractivity (Wildman–Crippen MR) is 223 cm³/mol. The molecule has 0 radical (unpaired) electrons. The average molecular weight is 700 g/mol. The van der Waals surface area contributed by atoms with E-state index in [0.29, 0.717) is 0 Å². The Hall–Kier alpha value is -5.67. The summed E-state index contributed by atoms with van der Waals surface area (Å²) in [5.74, 6) is 0. The van der Waals surface area contributed by atoms with E-state index in [1.807, 2.05) is 0 Å². The number of nitrogens with one attached hydrogen (secondary N) is 1. The standard InChI is InChI=1S/C51H43N2O/c1-5-50-29-51(50,6-2)53-22-10-9-13-46(53)40-25-30(15-19-42(40)50)32-17-21-47-39(24-32)35-18-14-33(26-48(35)54-47)31-16-20-44-37(23-31)38-27-36-34-11-7-8-12-41(34)49(3,4)43(36)28-45(38)52-44/h7,9-11,13-28,52H,5-6,8,12,29H2,1-4H3/q+1. The molecule has 1 fully saturated rings. The van der Waals surface area contributed by atoms with Crippen LogP contribution in [0.15, 0.2) is 131 Å². The molecule has 3 aliphatic carbocycles. The molecule has 262 valence electrons. The van der Waals surface area contributed by atoms with E-state index in [4.69, 9.17) is 4.42 Å². The van der Waals surface area contributed by atoms with Crippen molar-refractivity contribution >= 4 is 49.3 Å². The van der Waals surface area contributed by atoms with E-state index in [-0.39, 0.29) is 16.4 Å². The van der Waals surface area contributed by atoms with Crippen LogP contribution in [-0.2, 0) is 16.4 Å². The number of nitrogens with zero attached hydrogens (tertiary/aromatic N) is 1. The molecule has 0 saturated heterocycles. The van der Waals surface area contributed by atoms with Crippen LogP contribution in [0.1, 0.15) is 76.5 Å². The Morgan fingerprint density at radius 1 is 0.667 bits per heavy atom. The summed E-state index contributed by atoms with van der Waals surface area (Å²) in [6.45, 7) is 9.53. The number of hydrogen-bond acceptors (Lipinski definition) is 1. The van der Waals surface area contributed by atoms with Gasteiger partial charge in [-0.2, -0.15) is 4.57 Å². The first-order valence-corrected chi connectivity index (χ1v) is 20.0. The van der Waals surface area contributed by atoms with Crippen LogP contribution in [-0.4, -0.2) is 4.98 Å². The fourth-order valence-corrected chi connectivity index (χ4v) is 11.5. The lowest BCUT2D eigenvalue weighted by Crippen LogP contribution is -2.54. The number of pyridine rings is 1. The molecule has 8 aromatic rings. The Kier molecular flexibility index (Phi) is 5.86. The minimum absolute atomic E-state index is 0.0668. The normalized spacial score (nSPS) is 21.8. The second kappa shape index (κ2) is 10.3. The molecule has 1 N–H and O–H groups in total. The molecule has 2 unspecified atom stereocenters. The highest BCUT2D eigenvalue weighted by Crippen LogP contribution is 2.67. The first-order chi connectivity index (χ1) is 26.3. The van der Waals surface area contributed by atoms with Crippen LogP contribution < -0.4 is 4.57 Å². The zero-order valence-electron chi connectivity index (χ0n) is 31.4. The lowest BCUT2D eigenvalue weighted by Gasteiger charge is -2.29. The van der Waals surface area contributed by atoms with Crippen LogP contribution in [0.5, 0.6) is 0 Å². The van der Waals surface area contributed by atoms with E-state index in [1.165, 1.54) is 84.0 Å². The quantitative estimate of drug-likeness (QED) is 0.182. The molecular formula is C51H43N2O+. The van der Waals surface area contributed by atoms with Gasteiger partial charge in [-0.05, 0) is 124 Å². The van der Waals surface area contributed by atoms with Crippen molar-refractivity contribution in [1.29, 1.82) is 0 Å². The van der Waals surface area contributed by atoms with Gasteiger partial charge in [0.15, 0.2) is 11.7 Å². The molecule has 3 nitrogen and oxygen atoms in total. The fraction of sp³-hybridized carbons (Fsp3) is 0.235. The van der Waals surface area contributed by atoms with Crippen molar-refractivity contribution in [3.63, 3.8) is 0 Å². The summed E-state index contributed by atoms with van der Waals surface area (Å²) in [7, 11) is 0. The van der Waals surface area contributed by atoms with E-state index in [0.717, 1.165) is 47.6 Å². The van der Waals surface area contributed by atoms with Crippen LogP contribution in [0.25, 0.3) is 82.8 Å².